The third-order valence-corrected chi connectivity index (χ3v) is 4.67. The molecule has 0 saturated heterocycles. The molecule has 98 valence electrons. The van der Waals surface area contributed by atoms with Crippen LogP contribution in [0.1, 0.15) is 25.7 Å². The second-order valence-electron chi connectivity index (χ2n) is 4.26. The maximum Gasteiger partial charge on any atom is 0.281 e. The summed E-state index contributed by atoms with van der Waals surface area (Å²) < 4.78 is 26.6. The highest BCUT2D eigenvalue weighted by Gasteiger charge is 2.27. The van der Waals surface area contributed by atoms with Crippen molar-refractivity contribution in [2.24, 2.45) is 5.92 Å². The fraction of sp³-hybridized carbons (Fsp3) is 0.455. The van der Waals surface area contributed by atoms with Gasteiger partial charge in [-0.1, -0.05) is 28.8 Å². The van der Waals surface area contributed by atoms with E-state index in [4.69, 9.17) is 0 Å². The zero-order valence-electron chi connectivity index (χ0n) is 9.60. The van der Waals surface area contributed by atoms with Gasteiger partial charge in [-0.3, -0.25) is 4.79 Å². The van der Waals surface area contributed by atoms with E-state index in [0.717, 1.165) is 25.7 Å². The van der Waals surface area contributed by atoms with Gasteiger partial charge in [0.25, 0.3) is 10.0 Å². The molecule has 0 bridgehead atoms. The van der Waals surface area contributed by atoms with Gasteiger partial charge in [-0.05, 0) is 25.0 Å². The maximum atomic E-state index is 11.9. The largest absolute Gasteiger partial charge is 0.281 e. The van der Waals surface area contributed by atoms with E-state index >= 15 is 0 Å². The number of nitrogens with one attached hydrogen (secondary N) is 1. The fourth-order valence-corrected chi connectivity index (χ4v) is 3.49. The summed E-state index contributed by atoms with van der Waals surface area (Å²) in [4.78, 5) is 15.5. The Morgan fingerprint density at radius 2 is 2.06 bits per heavy atom. The van der Waals surface area contributed by atoms with Crippen molar-refractivity contribution in [2.45, 2.75) is 30.7 Å². The summed E-state index contributed by atoms with van der Waals surface area (Å²) in [5, 5.41) is -0.150. The molecule has 7 heteroatoms. The van der Waals surface area contributed by atoms with Gasteiger partial charge in [-0.25, -0.2) is 9.71 Å². The first-order chi connectivity index (χ1) is 8.49. The van der Waals surface area contributed by atoms with Gasteiger partial charge in [-0.15, -0.1) is 0 Å². The van der Waals surface area contributed by atoms with Crippen LogP contribution in [-0.2, 0) is 14.8 Å². The van der Waals surface area contributed by atoms with Crippen molar-refractivity contribution in [2.75, 3.05) is 0 Å². The molecule has 0 aromatic carbocycles. The van der Waals surface area contributed by atoms with Crippen LogP contribution in [0.5, 0.6) is 0 Å². The van der Waals surface area contributed by atoms with Gasteiger partial charge in [-0.2, -0.15) is 8.42 Å². The van der Waals surface area contributed by atoms with Gasteiger partial charge < -0.3 is 0 Å². The quantitative estimate of drug-likeness (QED) is 0.916. The first-order valence-electron chi connectivity index (χ1n) is 5.67. The number of rotatable bonds is 3. The van der Waals surface area contributed by atoms with Gasteiger partial charge in [0.05, 0.1) is 0 Å². The van der Waals surface area contributed by atoms with Gasteiger partial charge >= 0.3 is 0 Å². The summed E-state index contributed by atoms with van der Waals surface area (Å²) in [6.45, 7) is 0. The molecule has 1 saturated carbocycles. The normalized spacial score (nSPS) is 16.7. The Morgan fingerprint density at radius 1 is 1.39 bits per heavy atom. The summed E-state index contributed by atoms with van der Waals surface area (Å²) in [6.07, 6.45) is 4.85. The van der Waals surface area contributed by atoms with Crippen LogP contribution in [0.4, 0.5) is 0 Å². The van der Waals surface area contributed by atoms with Crippen molar-refractivity contribution in [3.63, 3.8) is 0 Å². The predicted octanol–water partition coefficient (Wildman–Crippen LogP) is 1.84. The average Bonchev–Trinajstić information content (AvgIpc) is 2.82. The van der Waals surface area contributed by atoms with E-state index in [1.54, 1.807) is 6.07 Å². The summed E-state index contributed by atoms with van der Waals surface area (Å²) in [7, 11) is -3.86. The highest BCUT2D eigenvalue weighted by Crippen LogP contribution is 2.25. The van der Waals surface area contributed by atoms with Gasteiger partial charge in [0.15, 0.2) is 5.03 Å². The molecule has 0 radical (unpaired) electrons. The number of amides is 1. The first-order valence-corrected chi connectivity index (χ1v) is 7.95. The molecule has 18 heavy (non-hydrogen) atoms. The lowest BCUT2D eigenvalue weighted by Gasteiger charge is -2.10. The lowest BCUT2D eigenvalue weighted by atomic mass is 10.1. The Labute approximate surface area is 114 Å². The van der Waals surface area contributed by atoms with E-state index < -0.39 is 15.9 Å². The first kappa shape index (κ1) is 13.5. The average molecular weight is 333 g/mol. The summed E-state index contributed by atoms with van der Waals surface area (Å²) >= 11 is 3.17. The molecular weight excluding hydrogens is 320 g/mol. The van der Waals surface area contributed by atoms with Crippen LogP contribution in [-0.4, -0.2) is 19.3 Å². The summed E-state index contributed by atoms with van der Waals surface area (Å²) in [5.74, 6) is -0.610. The van der Waals surface area contributed by atoms with E-state index in [1.807, 2.05) is 0 Å². The molecule has 0 unspecified atom stereocenters. The van der Waals surface area contributed by atoms with Crippen LogP contribution in [0.2, 0.25) is 0 Å². The van der Waals surface area contributed by atoms with Gasteiger partial charge in [0.2, 0.25) is 5.91 Å². The Kier molecular flexibility index (Phi) is 4.01. The molecule has 2 rings (SSSR count). The lowest BCUT2D eigenvalue weighted by Crippen LogP contribution is -2.35. The Hall–Kier alpha value is -0.950. The van der Waals surface area contributed by atoms with Gasteiger partial charge in [0.1, 0.15) is 0 Å². The SMILES string of the molecule is O=C(NS(=O)(=O)c1cc(Br)ccn1)C1CCCC1. The Balaban J connectivity index is 2.14. The van der Waals surface area contributed by atoms with Crippen molar-refractivity contribution in [3.8, 4) is 0 Å². The highest BCUT2D eigenvalue weighted by atomic mass is 79.9. The number of carbonyl (C=O) groups is 1. The molecule has 1 aromatic heterocycles. The monoisotopic (exact) mass is 332 g/mol. The van der Waals surface area contributed by atoms with Crippen LogP contribution in [0, 0.1) is 5.92 Å². The number of nitrogens with zero attached hydrogens (tertiary/aromatic N) is 1. The van der Waals surface area contributed by atoms with Crippen LogP contribution in [0.25, 0.3) is 0 Å². The molecule has 1 aliphatic carbocycles. The minimum atomic E-state index is -3.86. The third kappa shape index (κ3) is 3.08. The molecule has 1 aliphatic rings. The van der Waals surface area contributed by atoms with E-state index in [9.17, 15) is 13.2 Å². The smallest absolute Gasteiger partial charge is 0.274 e. The van der Waals surface area contributed by atoms with E-state index in [2.05, 4.69) is 25.6 Å². The molecular formula is C11H13BrN2O3S. The number of sulfonamides is 1. The molecule has 1 N–H and O–H groups in total. The van der Waals surface area contributed by atoms with Crippen molar-refractivity contribution < 1.29 is 13.2 Å². The number of carbonyl (C=O) groups excluding carboxylic acids is 1. The summed E-state index contributed by atoms with van der Waals surface area (Å²) in [6, 6.07) is 2.99. The number of pyridine rings is 1. The second-order valence-corrected chi connectivity index (χ2v) is 6.81. The Morgan fingerprint density at radius 3 is 2.67 bits per heavy atom. The van der Waals surface area contributed by atoms with E-state index in [0.29, 0.717) is 4.47 Å². The maximum absolute atomic E-state index is 11.9. The highest BCUT2D eigenvalue weighted by molar-refractivity contribution is 9.10. The van der Waals surface area contributed by atoms with Crippen molar-refractivity contribution in [1.82, 2.24) is 9.71 Å². The summed E-state index contributed by atoms with van der Waals surface area (Å²) in [5.41, 5.74) is 0. The van der Waals surface area contributed by atoms with Crippen LogP contribution in [0.15, 0.2) is 27.8 Å². The number of halogens is 1. The fourth-order valence-electron chi connectivity index (χ4n) is 1.99. The number of hydrogen-bond donors (Lipinski definition) is 1. The molecule has 1 amide bonds. The third-order valence-electron chi connectivity index (χ3n) is 2.93. The molecule has 1 heterocycles. The number of hydrogen-bond acceptors (Lipinski definition) is 4. The lowest BCUT2D eigenvalue weighted by molar-refractivity contribution is -0.122. The van der Waals surface area contributed by atoms with Crippen molar-refractivity contribution in [1.29, 1.82) is 0 Å². The van der Waals surface area contributed by atoms with Crippen molar-refractivity contribution >= 4 is 31.9 Å². The molecule has 0 aliphatic heterocycles. The molecule has 0 spiro atoms. The standard InChI is InChI=1S/C11H13BrN2O3S/c12-9-5-6-13-10(7-9)18(16,17)14-11(15)8-3-1-2-4-8/h5-8H,1-4H2,(H,14,15). The zero-order chi connectivity index (χ0) is 13.2. The second kappa shape index (κ2) is 5.36. The molecule has 1 fully saturated rings. The minimum Gasteiger partial charge on any atom is -0.274 e. The van der Waals surface area contributed by atoms with Crippen LogP contribution >= 0.6 is 15.9 Å². The van der Waals surface area contributed by atoms with E-state index in [-0.39, 0.29) is 10.9 Å². The van der Waals surface area contributed by atoms with Gasteiger partial charge in [0, 0.05) is 16.6 Å². The topological polar surface area (TPSA) is 76.1 Å². The van der Waals surface area contributed by atoms with E-state index in [1.165, 1.54) is 12.3 Å². The van der Waals surface area contributed by atoms with Crippen LogP contribution < -0.4 is 4.72 Å². The number of aromatic nitrogens is 1. The zero-order valence-corrected chi connectivity index (χ0v) is 12.0. The minimum absolute atomic E-state index is 0.150. The van der Waals surface area contributed by atoms with Crippen molar-refractivity contribution in [3.05, 3.63) is 22.8 Å². The molecule has 0 atom stereocenters. The Bertz CT molecular complexity index is 553. The molecule has 5 nitrogen and oxygen atoms in total. The van der Waals surface area contributed by atoms with Crippen LogP contribution in [0.3, 0.4) is 0 Å². The predicted molar refractivity (Wildman–Crippen MR) is 69.2 cm³/mol. The molecule has 1 aromatic rings.